The first-order valence-electron chi connectivity index (χ1n) is 7.40. The number of nitrogens with zero attached hydrogens (tertiary/aromatic N) is 5. The largest absolute Gasteiger partial charge is 0.357 e. The van der Waals surface area contributed by atoms with E-state index in [1.165, 1.54) is 4.68 Å². The normalized spacial score (nSPS) is 10.9. The van der Waals surface area contributed by atoms with Crippen LogP contribution in [0.3, 0.4) is 0 Å². The summed E-state index contributed by atoms with van der Waals surface area (Å²) in [4.78, 5) is 23.4. The van der Waals surface area contributed by atoms with Crippen molar-refractivity contribution in [3.63, 3.8) is 0 Å². The highest BCUT2D eigenvalue weighted by Gasteiger charge is 2.12. The molecule has 0 saturated heterocycles. The third kappa shape index (κ3) is 2.77. The van der Waals surface area contributed by atoms with Gasteiger partial charge >= 0.3 is 0 Å². The molecule has 0 unspecified atom stereocenters. The molecule has 0 aliphatic carbocycles. The molecule has 0 radical (unpaired) electrons. The van der Waals surface area contributed by atoms with Crippen molar-refractivity contribution in [2.45, 2.75) is 13.8 Å². The topological polar surface area (TPSA) is 63.9 Å². The van der Waals surface area contributed by atoms with Gasteiger partial charge in [0.1, 0.15) is 5.82 Å². The fourth-order valence-corrected chi connectivity index (χ4v) is 2.72. The average Bonchev–Trinajstić information content (AvgIpc) is 2.57. The average molecular weight is 330 g/mol. The number of aromatic nitrogens is 4. The zero-order valence-corrected chi connectivity index (χ0v) is 13.7. The Labute approximate surface area is 138 Å². The first-order chi connectivity index (χ1) is 11.2. The third-order valence-corrected chi connectivity index (χ3v) is 3.98. The fourth-order valence-electron chi connectivity index (χ4n) is 2.46. The summed E-state index contributed by atoms with van der Waals surface area (Å²) in [7, 11) is 0. The van der Waals surface area contributed by atoms with Crippen LogP contribution in [0.1, 0.15) is 13.8 Å². The van der Waals surface area contributed by atoms with Crippen molar-refractivity contribution < 1.29 is 0 Å². The summed E-state index contributed by atoms with van der Waals surface area (Å²) in [6, 6.07) is 7.08. The Morgan fingerprint density at radius 3 is 2.74 bits per heavy atom. The molecule has 0 N–H and O–H groups in total. The maximum Gasteiger partial charge on any atom is 0.283 e. The number of benzene rings is 1. The van der Waals surface area contributed by atoms with Gasteiger partial charge in [0.05, 0.1) is 16.6 Å². The Kier molecular flexibility index (Phi) is 4.25. The summed E-state index contributed by atoms with van der Waals surface area (Å²) in [6.45, 7) is 5.73. The second-order valence-electron chi connectivity index (χ2n) is 4.95. The molecule has 0 saturated carbocycles. The van der Waals surface area contributed by atoms with E-state index in [9.17, 15) is 4.79 Å². The van der Waals surface area contributed by atoms with Crippen molar-refractivity contribution >= 4 is 28.2 Å². The van der Waals surface area contributed by atoms with E-state index < -0.39 is 0 Å². The van der Waals surface area contributed by atoms with Crippen LogP contribution in [0.4, 0.5) is 5.82 Å². The molecule has 0 amide bonds. The monoisotopic (exact) mass is 329 g/mol. The second-order valence-corrected chi connectivity index (χ2v) is 5.36. The fraction of sp³-hybridized carbons (Fsp3) is 0.250. The van der Waals surface area contributed by atoms with Gasteiger partial charge in [0.2, 0.25) is 0 Å². The van der Waals surface area contributed by atoms with Crippen LogP contribution in [0, 0.1) is 0 Å². The SMILES string of the molecule is CCN(CC)c1ccnc(-n2ncc3cccc(Cl)c3c2=O)n1. The van der Waals surface area contributed by atoms with Gasteiger partial charge in [0, 0.05) is 24.7 Å². The van der Waals surface area contributed by atoms with Gasteiger partial charge in [-0.1, -0.05) is 23.7 Å². The van der Waals surface area contributed by atoms with Gasteiger partial charge in [-0.15, -0.1) is 0 Å². The molecule has 0 atom stereocenters. The highest BCUT2D eigenvalue weighted by Crippen LogP contribution is 2.19. The molecule has 3 rings (SSSR count). The second kappa shape index (κ2) is 6.34. The van der Waals surface area contributed by atoms with Crippen LogP contribution in [-0.4, -0.2) is 32.8 Å². The maximum absolute atomic E-state index is 12.7. The van der Waals surface area contributed by atoms with E-state index in [1.54, 1.807) is 30.6 Å². The summed E-state index contributed by atoms with van der Waals surface area (Å²) >= 11 is 6.16. The van der Waals surface area contributed by atoms with Crippen LogP contribution in [0.2, 0.25) is 5.02 Å². The molecule has 6 nitrogen and oxygen atoms in total. The predicted octanol–water partition coefficient (Wildman–Crippen LogP) is 2.68. The molecule has 1 aromatic carbocycles. The molecule has 2 aromatic heterocycles. The van der Waals surface area contributed by atoms with Crippen molar-refractivity contribution in [3.8, 4) is 5.95 Å². The smallest absolute Gasteiger partial charge is 0.283 e. The van der Waals surface area contributed by atoms with E-state index in [-0.39, 0.29) is 11.5 Å². The van der Waals surface area contributed by atoms with Gasteiger partial charge in [-0.25, -0.2) is 4.98 Å². The first kappa shape index (κ1) is 15.4. The molecule has 3 aromatic rings. The van der Waals surface area contributed by atoms with Crippen molar-refractivity contribution in [3.05, 3.63) is 52.0 Å². The molecule has 118 valence electrons. The standard InChI is InChI=1S/C16H16ClN5O/c1-3-21(4-2)13-8-9-18-16(20-13)22-15(23)14-11(10-19-22)6-5-7-12(14)17/h5-10H,3-4H2,1-2H3. The minimum atomic E-state index is -0.329. The van der Waals surface area contributed by atoms with Crippen LogP contribution in [0.15, 0.2) is 41.5 Å². The lowest BCUT2D eigenvalue weighted by Gasteiger charge is -2.19. The van der Waals surface area contributed by atoms with Gasteiger partial charge in [-0.2, -0.15) is 14.8 Å². The third-order valence-electron chi connectivity index (χ3n) is 3.67. The van der Waals surface area contributed by atoms with Crippen molar-refractivity contribution in [1.82, 2.24) is 19.7 Å². The van der Waals surface area contributed by atoms with E-state index in [0.717, 1.165) is 18.9 Å². The lowest BCUT2D eigenvalue weighted by atomic mass is 10.2. The molecule has 7 heteroatoms. The van der Waals surface area contributed by atoms with E-state index in [0.29, 0.717) is 15.8 Å². The van der Waals surface area contributed by atoms with Crippen LogP contribution in [0.5, 0.6) is 0 Å². The van der Waals surface area contributed by atoms with Crippen LogP contribution < -0.4 is 10.5 Å². The first-order valence-corrected chi connectivity index (χ1v) is 7.78. The molecule has 0 bridgehead atoms. The van der Waals surface area contributed by atoms with Crippen LogP contribution in [-0.2, 0) is 0 Å². The van der Waals surface area contributed by atoms with Gasteiger partial charge < -0.3 is 4.90 Å². The highest BCUT2D eigenvalue weighted by molar-refractivity contribution is 6.35. The molecule has 0 aliphatic heterocycles. The van der Waals surface area contributed by atoms with E-state index >= 15 is 0 Å². The lowest BCUT2D eigenvalue weighted by molar-refractivity contribution is 0.751. The highest BCUT2D eigenvalue weighted by atomic mass is 35.5. The van der Waals surface area contributed by atoms with E-state index in [1.807, 2.05) is 19.9 Å². The summed E-state index contributed by atoms with van der Waals surface area (Å²) in [6.07, 6.45) is 3.22. The molecule has 0 spiro atoms. The lowest BCUT2D eigenvalue weighted by Crippen LogP contribution is -2.26. The molecular weight excluding hydrogens is 314 g/mol. The Hall–Kier alpha value is -2.47. The quantitative estimate of drug-likeness (QED) is 0.736. The summed E-state index contributed by atoms with van der Waals surface area (Å²) in [5.41, 5.74) is -0.329. The van der Waals surface area contributed by atoms with Crippen LogP contribution >= 0.6 is 11.6 Å². The number of hydrogen-bond acceptors (Lipinski definition) is 5. The Morgan fingerprint density at radius 1 is 1.22 bits per heavy atom. The number of rotatable bonds is 4. The zero-order valence-electron chi connectivity index (χ0n) is 12.9. The van der Waals surface area contributed by atoms with Crippen molar-refractivity contribution in [1.29, 1.82) is 0 Å². The Morgan fingerprint density at radius 2 is 2.00 bits per heavy atom. The van der Waals surface area contributed by atoms with Gasteiger partial charge in [-0.3, -0.25) is 4.79 Å². The minimum absolute atomic E-state index is 0.237. The number of fused-ring (bicyclic) bond motifs is 1. The summed E-state index contributed by atoms with van der Waals surface area (Å²) in [5, 5.41) is 5.67. The van der Waals surface area contributed by atoms with Crippen molar-refractivity contribution in [2.24, 2.45) is 0 Å². The van der Waals surface area contributed by atoms with Gasteiger partial charge in [0.25, 0.3) is 11.5 Å². The van der Waals surface area contributed by atoms with Gasteiger partial charge in [-0.05, 0) is 26.0 Å². The van der Waals surface area contributed by atoms with E-state index in [4.69, 9.17) is 11.6 Å². The Balaban J connectivity index is 2.18. The number of anilines is 1. The molecule has 0 fully saturated rings. The summed E-state index contributed by atoms with van der Waals surface area (Å²) in [5.74, 6) is 0.995. The van der Waals surface area contributed by atoms with E-state index in [2.05, 4.69) is 20.0 Å². The van der Waals surface area contributed by atoms with Crippen molar-refractivity contribution in [2.75, 3.05) is 18.0 Å². The molecular formula is C16H16ClN5O. The molecule has 23 heavy (non-hydrogen) atoms. The zero-order chi connectivity index (χ0) is 16.4. The molecule has 0 aliphatic rings. The predicted molar refractivity (Wildman–Crippen MR) is 91.5 cm³/mol. The summed E-state index contributed by atoms with van der Waals surface area (Å²) < 4.78 is 1.18. The number of hydrogen-bond donors (Lipinski definition) is 0. The number of halogens is 1. The van der Waals surface area contributed by atoms with Crippen LogP contribution in [0.25, 0.3) is 16.7 Å². The Bertz CT molecular complexity index is 904. The molecule has 2 heterocycles. The maximum atomic E-state index is 12.7. The minimum Gasteiger partial charge on any atom is -0.357 e. The van der Waals surface area contributed by atoms with Gasteiger partial charge in [0.15, 0.2) is 0 Å².